The van der Waals surface area contributed by atoms with Gasteiger partial charge in [-0.15, -0.1) is 10.2 Å². The highest BCUT2D eigenvalue weighted by molar-refractivity contribution is 6.00. The van der Waals surface area contributed by atoms with Crippen molar-refractivity contribution in [1.29, 1.82) is 0 Å². The highest BCUT2D eigenvalue weighted by Crippen LogP contribution is 2.29. The van der Waals surface area contributed by atoms with Gasteiger partial charge >= 0.3 is 5.97 Å². The number of aliphatic hydroxyl groups excluding tert-OH is 3. The van der Waals surface area contributed by atoms with E-state index in [1.165, 1.54) is 38.4 Å². The minimum Gasteiger partial charge on any atom is -0.494 e. The van der Waals surface area contributed by atoms with Gasteiger partial charge in [-0.25, -0.2) is 9.37 Å². The third-order valence-electron chi connectivity index (χ3n) is 18.3. The summed E-state index contributed by atoms with van der Waals surface area (Å²) in [6.45, 7) is 10.3. The summed E-state index contributed by atoms with van der Waals surface area (Å²) in [6, 6.07) is 10.9. The molecule has 0 radical (unpaired) electrons. The predicted octanol–water partition coefficient (Wildman–Crippen LogP) is 0.445. The molecule has 4 aromatic carbocycles. The van der Waals surface area contributed by atoms with Gasteiger partial charge in [-0.2, -0.15) is 5.21 Å². The summed E-state index contributed by atoms with van der Waals surface area (Å²) in [5.41, 5.74) is 17.0. The van der Waals surface area contributed by atoms with Crippen LogP contribution >= 0.6 is 0 Å². The number of carbonyl (C=O) groups is 12. The zero-order valence-corrected chi connectivity index (χ0v) is 64.6. The molecule has 1 unspecified atom stereocenters. The van der Waals surface area contributed by atoms with Gasteiger partial charge in [-0.05, 0) is 157 Å². The Bertz CT molecular complexity index is 4330. The van der Waals surface area contributed by atoms with Crippen LogP contribution in [0.5, 0.6) is 5.75 Å². The van der Waals surface area contributed by atoms with E-state index in [4.69, 9.17) is 16.0 Å². The van der Waals surface area contributed by atoms with Gasteiger partial charge < -0.3 is 89.0 Å². The van der Waals surface area contributed by atoms with Crippen LogP contribution in [0.4, 0.5) is 4.39 Å². The monoisotopic (exact) mass is 1580 g/mol. The van der Waals surface area contributed by atoms with Gasteiger partial charge in [0.2, 0.25) is 65.0 Å². The van der Waals surface area contributed by atoms with Crippen LogP contribution in [0.2, 0.25) is 0 Å². The number of hydrogen-bond donors (Lipinski definition) is 17. The van der Waals surface area contributed by atoms with Crippen LogP contribution in [0, 0.1) is 19.7 Å². The molecular weight excluding hydrogens is 1480 g/mol. The molecule has 0 aliphatic heterocycles. The second-order valence-electron chi connectivity index (χ2n) is 28.3. The Balaban J connectivity index is 1.16. The maximum Gasteiger partial charge on any atom is 0.305 e. The van der Waals surface area contributed by atoms with Crippen LogP contribution in [0.25, 0.3) is 21.6 Å². The lowest BCUT2D eigenvalue weighted by molar-refractivity contribution is -0.142. The van der Waals surface area contributed by atoms with Crippen molar-refractivity contribution >= 4 is 70.9 Å². The molecule has 0 aliphatic carbocycles. The summed E-state index contributed by atoms with van der Waals surface area (Å²) in [4.78, 5) is 176. The van der Waals surface area contributed by atoms with Gasteiger partial charge in [0.05, 0.1) is 50.4 Å². The lowest BCUT2D eigenvalue weighted by Gasteiger charge is -2.34. The Labute approximate surface area is 656 Å². The summed E-state index contributed by atoms with van der Waals surface area (Å²) in [5.74, 6) is -13.9. The van der Waals surface area contributed by atoms with E-state index in [2.05, 4.69) is 93.8 Å². The molecule has 0 fully saturated rings. The number of H-pyrrole nitrogens is 2. The first-order valence-electron chi connectivity index (χ1n) is 37.0. The number of hydrogen-bond acceptors (Lipinski definition) is 21. The SMILES string of the molecule is CCc1cc(OCCCCN=[N+]=[N-])ccc1-c1ccc(C[C@H](NC(=O)[C@H](CC(=O)O)NC(=O)[C@H](CO)NC(=O)C(NC(=O)[C@](C)(Cc2ccccc2F)NC(=O)[C@@H](NC(=O)CNC(=O)[C@H](Cc2nn[nH]n2)NC(=O)C(C)(C)NC(=O)CCCc2c[nH]cn2)[C@@H](C)O)[C@@H](C)O)C(=O)N[C@@H](CCCc2cc(C)cc(C)c2)C(N)=O)cc1. The number of aliphatic carboxylic acids is 1. The molecule has 0 bridgehead atoms. The first-order valence-corrected chi connectivity index (χ1v) is 37.0. The van der Waals surface area contributed by atoms with Crippen molar-refractivity contribution in [3.63, 3.8) is 0 Å². The number of aromatic amines is 2. The summed E-state index contributed by atoms with van der Waals surface area (Å²) in [6.07, 6.45) is 0.707. The smallest absolute Gasteiger partial charge is 0.305 e. The van der Waals surface area contributed by atoms with E-state index in [1.807, 2.05) is 57.2 Å². The molecular formula is C76H101FN20O17. The normalized spacial score (nSPS) is 14.1. The Morgan fingerprint density at radius 2 is 1.32 bits per heavy atom. The van der Waals surface area contributed by atoms with Crippen molar-refractivity contribution < 1.29 is 87.1 Å². The molecule has 11 amide bonds. The molecule has 38 heteroatoms. The minimum atomic E-state index is -2.41. The Morgan fingerprint density at radius 1 is 0.675 bits per heavy atom. The zero-order valence-electron chi connectivity index (χ0n) is 64.6. The molecule has 0 spiro atoms. The first kappa shape index (κ1) is 90.6. The van der Waals surface area contributed by atoms with Crippen molar-refractivity contribution in [3.8, 4) is 16.9 Å². The van der Waals surface area contributed by atoms with Crippen LogP contribution in [0.3, 0.4) is 0 Å². The van der Waals surface area contributed by atoms with Gasteiger partial charge in [0, 0.05) is 43.3 Å². The molecule has 614 valence electrons. The maximum absolute atomic E-state index is 15.5. The van der Waals surface area contributed by atoms with Crippen molar-refractivity contribution in [2.75, 3.05) is 26.3 Å². The van der Waals surface area contributed by atoms with E-state index < -0.39 is 168 Å². The molecule has 2 aromatic heterocycles. The number of carbonyl (C=O) groups excluding carboxylic acids is 11. The molecule has 18 N–H and O–H groups in total. The number of primary amides is 1. The number of imidazole rings is 1. The molecule has 2 heterocycles. The quantitative estimate of drug-likeness (QED) is 0.0107. The summed E-state index contributed by atoms with van der Waals surface area (Å²) < 4.78 is 21.5. The van der Waals surface area contributed by atoms with Crippen LogP contribution in [0.1, 0.15) is 131 Å². The average molecular weight is 1590 g/mol. The number of nitrogens with two attached hydrogens (primary N) is 1. The van der Waals surface area contributed by atoms with Gasteiger partial charge in [0.15, 0.2) is 5.82 Å². The second-order valence-corrected chi connectivity index (χ2v) is 28.3. The third-order valence-corrected chi connectivity index (χ3v) is 18.3. The molecule has 6 rings (SSSR count). The number of nitrogens with zero attached hydrogens (tertiary/aromatic N) is 7. The van der Waals surface area contributed by atoms with Crippen LogP contribution in [-0.4, -0.2) is 214 Å². The molecule has 37 nitrogen and oxygen atoms in total. The molecule has 6 aromatic rings. The van der Waals surface area contributed by atoms with E-state index in [9.17, 15) is 78.0 Å². The van der Waals surface area contributed by atoms with Crippen molar-refractivity contribution in [2.24, 2.45) is 10.8 Å². The fraction of sp³-hybridized carbons (Fsp3) is 0.474. The van der Waals surface area contributed by atoms with E-state index in [1.54, 1.807) is 30.5 Å². The number of carboxylic acids is 1. The molecule has 0 saturated heterocycles. The van der Waals surface area contributed by atoms with Crippen molar-refractivity contribution in [2.45, 2.75) is 204 Å². The standard InChI is InChI=1S/C76H101FN20O17/c1-9-48-34-52(114-29-13-12-28-83-95-79)26-27-53(48)49-24-22-46(23-25-49)33-56(68(107)84-55(66(78)105)20-14-16-47-31-42(2)30-43(3)32-47)85-69(108)58(36-63(103)104)86-70(109)59(40-98)87-71(110)64(44(4)99)90-74(113)76(8,37-50-17-10-11-19-54(50)77)92-72(111)65(45(5)100)89-62(102)39-81-67(106)57(35-60-93-96-97-94-60)88-73(112)75(6,7)91-61(101)21-15-18-51-38-80-41-82-51/h10-11,17,19,22-27,30-32,34,38,41,44-45,55-59,64-65,98-100H,9,12-16,18,20-21,28-29,33,35-37,39-40H2,1-8H3,(H2,78,105)(H,80,82)(H,81,106)(H,84,107)(H,85,108)(H,86,109)(H,87,110)(H,88,112)(H,89,102)(H,90,113)(H,91,101)(H,92,111)(H,103,104)(H,93,94,96,97)/t44-,45-,55+,56+,57+,58+,59+,64?,65+,76+/m1/s1. The molecule has 0 aliphatic rings. The van der Waals surface area contributed by atoms with E-state index in [0.717, 1.165) is 65.9 Å². The predicted molar refractivity (Wildman–Crippen MR) is 409 cm³/mol. The number of amides is 11. The second kappa shape index (κ2) is 44.1. The van der Waals surface area contributed by atoms with Crippen molar-refractivity contribution in [1.82, 2.24) is 83.8 Å². The fourth-order valence-corrected chi connectivity index (χ4v) is 12.2. The van der Waals surface area contributed by atoms with Gasteiger partial charge in [0.25, 0.3) is 0 Å². The Kier molecular flexibility index (Phi) is 35.0. The number of unbranched alkanes of at least 4 members (excludes halogenated alkanes) is 1. The van der Waals surface area contributed by atoms with Gasteiger partial charge in [-0.1, -0.05) is 95.1 Å². The minimum absolute atomic E-state index is 0.0272. The topological polar surface area (TPSA) is 573 Å². The van der Waals surface area contributed by atoms with E-state index in [-0.39, 0.29) is 37.1 Å². The van der Waals surface area contributed by atoms with Gasteiger partial charge in [-0.3, -0.25) is 57.5 Å². The van der Waals surface area contributed by atoms with Crippen LogP contribution in [-0.2, 0) is 96.1 Å². The first-order chi connectivity index (χ1) is 54.1. The summed E-state index contributed by atoms with van der Waals surface area (Å²) in [7, 11) is 0. The van der Waals surface area contributed by atoms with E-state index >= 15 is 4.39 Å². The number of aliphatic hydroxyl groups is 3. The fourth-order valence-electron chi connectivity index (χ4n) is 12.2. The average Bonchev–Trinajstić information content (AvgIpc) is 1.00. The molecule has 10 atom stereocenters. The van der Waals surface area contributed by atoms with Crippen LogP contribution < -0.4 is 63.6 Å². The highest BCUT2D eigenvalue weighted by atomic mass is 19.1. The Hall–Kier alpha value is -12.3. The number of tetrazole rings is 1. The number of ether oxygens (including phenoxy) is 1. The molecule has 114 heavy (non-hydrogen) atoms. The van der Waals surface area contributed by atoms with Crippen molar-refractivity contribution in [3.05, 3.63) is 159 Å². The number of carboxylic acid groups (broad SMARTS) is 1. The third kappa shape index (κ3) is 28.8. The highest BCUT2D eigenvalue weighted by Gasteiger charge is 2.43. The number of azide groups is 1. The number of aromatic nitrogens is 6. The number of rotatable bonds is 47. The Morgan fingerprint density at radius 3 is 1.95 bits per heavy atom. The largest absolute Gasteiger partial charge is 0.494 e. The van der Waals surface area contributed by atoms with Crippen LogP contribution in [0.15, 0.2) is 103 Å². The number of halogens is 1. The van der Waals surface area contributed by atoms with Gasteiger partial charge in [0.1, 0.15) is 64.9 Å². The maximum atomic E-state index is 15.5. The van der Waals surface area contributed by atoms with E-state index in [0.29, 0.717) is 69.4 Å². The summed E-state index contributed by atoms with van der Waals surface area (Å²) >= 11 is 0. The molecule has 0 saturated carbocycles. The number of aryl methyl sites for hydroxylation is 5. The lowest BCUT2D eigenvalue weighted by atomic mass is 9.90. The zero-order chi connectivity index (χ0) is 83.8. The number of nitrogens with one attached hydrogen (secondary N) is 12. The number of benzene rings is 4. The lowest BCUT2D eigenvalue weighted by Crippen LogP contribution is -2.67. The summed E-state index contributed by atoms with van der Waals surface area (Å²) in [5, 5.41) is 83.5.